The summed E-state index contributed by atoms with van der Waals surface area (Å²) in [5.74, 6) is -0.00695. The highest BCUT2D eigenvalue weighted by Gasteiger charge is 2.45. The molecule has 0 radical (unpaired) electrons. The highest BCUT2D eigenvalue weighted by molar-refractivity contribution is 7.99. The molecule has 0 aliphatic rings. The van der Waals surface area contributed by atoms with Crippen molar-refractivity contribution in [1.29, 1.82) is 0 Å². The van der Waals surface area contributed by atoms with E-state index in [-0.39, 0.29) is 12.8 Å². The molecule has 1 atom stereocenters. The van der Waals surface area contributed by atoms with E-state index in [2.05, 4.69) is 17.1 Å². The second-order valence-electron chi connectivity index (χ2n) is 8.86. The lowest BCUT2D eigenvalue weighted by molar-refractivity contribution is -0.136. The molecule has 0 bridgehead atoms. The Kier molecular flexibility index (Phi) is 8.01. The molecule has 0 amide bonds. The van der Waals surface area contributed by atoms with E-state index in [0.717, 1.165) is 22.6 Å². The lowest BCUT2D eigenvalue weighted by atomic mass is 9.87. The molecule has 0 fully saturated rings. The Labute approximate surface area is 216 Å². The number of carboxylic acid groups (broad SMARTS) is 1. The first kappa shape index (κ1) is 25.8. The number of carbonyl (C=O) groups is 1. The molecular weight excluding hydrogens is 490 g/mol. The van der Waals surface area contributed by atoms with Crippen molar-refractivity contribution in [2.75, 3.05) is 12.0 Å². The molecule has 0 aliphatic carbocycles. The zero-order valence-corrected chi connectivity index (χ0v) is 21.7. The number of benzene rings is 3. The molecule has 36 heavy (non-hydrogen) atoms. The number of aryl methyl sites for hydroxylation is 1. The van der Waals surface area contributed by atoms with Crippen molar-refractivity contribution in [2.45, 2.75) is 28.9 Å². The second kappa shape index (κ2) is 11.2. The summed E-state index contributed by atoms with van der Waals surface area (Å²) in [5, 5.41) is 9.27. The lowest BCUT2D eigenvalue weighted by Gasteiger charge is -2.32. The van der Waals surface area contributed by atoms with Crippen LogP contribution in [-0.2, 0) is 38.6 Å². The van der Waals surface area contributed by atoms with Gasteiger partial charge >= 0.3 is 5.97 Å². The number of rotatable bonds is 11. The van der Waals surface area contributed by atoms with Gasteiger partial charge in [0, 0.05) is 35.2 Å². The van der Waals surface area contributed by atoms with Crippen LogP contribution in [0.1, 0.15) is 27.9 Å². The number of aromatic nitrogens is 1. The monoisotopic (exact) mass is 519 g/mol. The van der Waals surface area contributed by atoms with Crippen molar-refractivity contribution in [2.24, 2.45) is 0 Å². The molecule has 1 heterocycles. The maximum Gasteiger partial charge on any atom is 0.307 e. The van der Waals surface area contributed by atoms with Gasteiger partial charge in [0.15, 0.2) is 9.84 Å². The number of hydrogen-bond acceptors (Lipinski definition) is 4. The zero-order valence-electron chi connectivity index (χ0n) is 20.1. The van der Waals surface area contributed by atoms with Gasteiger partial charge in [-0.25, -0.2) is 8.42 Å². The summed E-state index contributed by atoms with van der Waals surface area (Å²) in [6.45, 7) is 0. The molecular formula is C29H29NO4S2. The summed E-state index contributed by atoms with van der Waals surface area (Å²) < 4.78 is 25.6. The molecule has 1 unspecified atom stereocenters. The molecule has 4 aromatic rings. The SMILES string of the molecule is CS(=O)(=O)C(Cc1ccc(SCCc2ccccc2)cc1)(c1cccc(CC(=O)O)c1)c1ccc[nH]1. The standard InChI is InChI=1S/C29H29NO4S2/c1-36(33,34)29(27-11-6-17-30-27,25-10-5-9-24(19-25)20-28(31)32)21-23-12-14-26(15-13-23)35-18-16-22-7-3-2-4-8-22/h2-15,17,19,30H,16,18,20-21H2,1H3,(H,31,32). The van der Waals surface area contributed by atoms with Crippen LogP contribution in [0.4, 0.5) is 0 Å². The average Bonchev–Trinajstić information content (AvgIpc) is 3.38. The van der Waals surface area contributed by atoms with Crippen LogP contribution >= 0.6 is 11.8 Å². The maximum atomic E-state index is 13.5. The first-order valence-corrected chi connectivity index (χ1v) is 14.6. The predicted octanol–water partition coefficient (Wildman–Crippen LogP) is 5.51. The van der Waals surface area contributed by atoms with E-state index in [4.69, 9.17) is 0 Å². The van der Waals surface area contributed by atoms with Crippen LogP contribution in [0.25, 0.3) is 0 Å². The number of sulfone groups is 1. The highest BCUT2D eigenvalue weighted by atomic mass is 32.2. The number of thioether (sulfide) groups is 1. The Morgan fingerprint density at radius 2 is 1.61 bits per heavy atom. The summed E-state index contributed by atoms with van der Waals surface area (Å²) in [6.07, 6.45) is 3.98. The van der Waals surface area contributed by atoms with Gasteiger partial charge in [-0.3, -0.25) is 4.79 Å². The van der Waals surface area contributed by atoms with Gasteiger partial charge < -0.3 is 10.1 Å². The van der Waals surface area contributed by atoms with Crippen molar-refractivity contribution in [3.63, 3.8) is 0 Å². The van der Waals surface area contributed by atoms with E-state index in [0.29, 0.717) is 16.8 Å². The van der Waals surface area contributed by atoms with Crippen LogP contribution in [0.3, 0.4) is 0 Å². The third-order valence-corrected chi connectivity index (χ3v) is 9.17. The minimum atomic E-state index is -3.68. The first-order chi connectivity index (χ1) is 17.3. The summed E-state index contributed by atoms with van der Waals surface area (Å²) in [6, 6.07) is 28.8. The molecule has 0 aliphatic heterocycles. The molecule has 4 rings (SSSR count). The normalized spacial score (nSPS) is 13.2. The van der Waals surface area contributed by atoms with E-state index in [1.54, 1.807) is 54.4 Å². The third kappa shape index (κ3) is 5.91. The van der Waals surface area contributed by atoms with Crippen molar-refractivity contribution in [3.8, 4) is 0 Å². The van der Waals surface area contributed by atoms with Gasteiger partial charge in [0.2, 0.25) is 0 Å². The minimum absolute atomic E-state index is 0.173. The Hall–Kier alpha value is -3.29. The zero-order chi connectivity index (χ0) is 25.6. The van der Waals surface area contributed by atoms with E-state index < -0.39 is 20.6 Å². The molecule has 5 nitrogen and oxygen atoms in total. The number of H-pyrrole nitrogens is 1. The summed E-state index contributed by atoms with van der Waals surface area (Å²) in [7, 11) is -3.68. The third-order valence-electron chi connectivity index (χ3n) is 6.29. The van der Waals surface area contributed by atoms with E-state index in [1.807, 2.05) is 42.5 Å². The molecule has 3 aromatic carbocycles. The summed E-state index contributed by atoms with van der Waals surface area (Å²) >= 11 is 1.77. The lowest BCUT2D eigenvalue weighted by Crippen LogP contribution is -2.39. The van der Waals surface area contributed by atoms with Gasteiger partial charge in [0.25, 0.3) is 0 Å². The summed E-state index contributed by atoms with van der Waals surface area (Å²) in [5.41, 5.74) is 3.85. The second-order valence-corrected chi connectivity index (χ2v) is 12.3. The van der Waals surface area contributed by atoms with Crippen molar-refractivity contribution in [1.82, 2.24) is 4.98 Å². The van der Waals surface area contributed by atoms with Gasteiger partial charge in [-0.2, -0.15) is 0 Å². The van der Waals surface area contributed by atoms with Crippen LogP contribution in [0.5, 0.6) is 0 Å². The Balaban J connectivity index is 1.63. The Morgan fingerprint density at radius 3 is 2.25 bits per heavy atom. The van der Waals surface area contributed by atoms with Crippen molar-refractivity contribution >= 4 is 27.6 Å². The predicted molar refractivity (Wildman–Crippen MR) is 145 cm³/mol. The Bertz CT molecular complexity index is 1400. The molecule has 0 spiro atoms. The highest BCUT2D eigenvalue weighted by Crippen LogP contribution is 2.40. The molecule has 0 saturated carbocycles. The molecule has 7 heteroatoms. The van der Waals surface area contributed by atoms with Crippen LogP contribution < -0.4 is 0 Å². The van der Waals surface area contributed by atoms with Gasteiger partial charge in [0.05, 0.1) is 6.42 Å². The van der Waals surface area contributed by atoms with Crippen molar-refractivity contribution < 1.29 is 18.3 Å². The van der Waals surface area contributed by atoms with Crippen LogP contribution in [0.2, 0.25) is 0 Å². The maximum absolute atomic E-state index is 13.5. The van der Waals surface area contributed by atoms with Gasteiger partial charge in [-0.1, -0.05) is 66.7 Å². The van der Waals surface area contributed by atoms with Crippen LogP contribution in [-0.4, -0.2) is 36.5 Å². The van der Waals surface area contributed by atoms with Gasteiger partial charge in [-0.15, -0.1) is 11.8 Å². The summed E-state index contributed by atoms with van der Waals surface area (Å²) in [4.78, 5) is 15.6. The number of nitrogens with one attached hydrogen (secondary N) is 1. The molecule has 1 aromatic heterocycles. The quantitative estimate of drug-likeness (QED) is 0.255. The van der Waals surface area contributed by atoms with E-state index in [9.17, 15) is 18.3 Å². The fourth-order valence-corrected chi connectivity index (χ4v) is 6.92. The van der Waals surface area contributed by atoms with Crippen LogP contribution in [0, 0.1) is 0 Å². The molecule has 2 N–H and O–H groups in total. The fourth-order valence-electron chi connectivity index (χ4n) is 4.51. The fraction of sp³-hybridized carbons (Fsp3) is 0.207. The number of carboxylic acids is 1. The van der Waals surface area contributed by atoms with Gasteiger partial charge in [0.1, 0.15) is 4.75 Å². The van der Waals surface area contributed by atoms with E-state index in [1.165, 1.54) is 11.8 Å². The van der Waals surface area contributed by atoms with E-state index >= 15 is 0 Å². The number of aromatic amines is 1. The average molecular weight is 520 g/mol. The van der Waals surface area contributed by atoms with Gasteiger partial charge in [-0.05, 0) is 52.9 Å². The molecule has 186 valence electrons. The molecule has 0 saturated heterocycles. The number of hydrogen-bond donors (Lipinski definition) is 2. The Morgan fingerprint density at radius 1 is 0.889 bits per heavy atom. The van der Waals surface area contributed by atoms with Crippen molar-refractivity contribution in [3.05, 3.63) is 125 Å². The number of aliphatic carboxylic acids is 1. The topological polar surface area (TPSA) is 87.2 Å². The first-order valence-electron chi connectivity index (χ1n) is 11.7. The minimum Gasteiger partial charge on any atom is -0.481 e. The largest absolute Gasteiger partial charge is 0.481 e. The smallest absolute Gasteiger partial charge is 0.307 e. The van der Waals surface area contributed by atoms with Crippen LogP contribution in [0.15, 0.2) is 102 Å².